The zero-order valence-electron chi connectivity index (χ0n) is 13.3. The maximum absolute atomic E-state index is 12.6. The fourth-order valence-corrected chi connectivity index (χ4v) is 4.24. The molecule has 1 amide bonds. The summed E-state index contributed by atoms with van der Waals surface area (Å²) in [6, 6.07) is 6.33. The number of hydrogen-bond donors (Lipinski definition) is 1. The van der Waals surface area contributed by atoms with E-state index in [-0.39, 0.29) is 4.90 Å². The predicted molar refractivity (Wildman–Crippen MR) is 84.6 cm³/mol. The van der Waals surface area contributed by atoms with Crippen molar-refractivity contribution in [2.24, 2.45) is 5.92 Å². The minimum atomic E-state index is -3.66. The van der Waals surface area contributed by atoms with Crippen molar-refractivity contribution in [3.05, 3.63) is 24.3 Å². The molecule has 1 aliphatic rings. The van der Waals surface area contributed by atoms with E-state index in [1.54, 1.807) is 12.1 Å². The molecule has 1 saturated carbocycles. The summed E-state index contributed by atoms with van der Waals surface area (Å²) in [5.74, 6) is 0.774. The van der Waals surface area contributed by atoms with Crippen LogP contribution in [0.15, 0.2) is 29.2 Å². The van der Waals surface area contributed by atoms with Crippen LogP contribution in [0.25, 0.3) is 0 Å². The first kappa shape index (κ1) is 16.8. The Morgan fingerprint density at radius 3 is 2.32 bits per heavy atom. The molecule has 122 valence electrons. The molecule has 0 heterocycles. The average Bonchev–Trinajstić information content (AvgIpc) is 3.28. The molecule has 0 atom stereocenters. The van der Waals surface area contributed by atoms with Crippen LogP contribution in [0.5, 0.6) is 5.75 Å². The third kappa shape index (κ3) is 3.11. The van der Waals surface area contributed by atoms with Crippen LogP contribution < -0.4 is 10.1 Å². The van der Waals surface area contributed by atoms with Gasteiger partial charge in [-0.15, -0.1) is 0 Å². The summed E-state index contributed by atoms with van der Waals surface area (Å²) in [6.45, 7) is 4.84. The zero-order chi connectivity index (χ0) is 16.4. The second-order valence-electron chi connectivity index (χ2n) is 6.08. The highest BCUT2D eigenvalue weighted by atomic mass is 32.2. The Balaban J connectivity index is 2.12. The molecule has 2 rings (SSSR count). The summed E-state index contributed by atoms with van der Waals surface area (Å²) < 4.78 is 29.6. The van der Waals surface area contributed by atoms with Crippen molar-refractivity contribution in [1.29, 1.82) is 0 Å². The topological polar surface area (TPSA) is 72.5 Å². The Bertz CT molecular complexity index is 631. The number of rotatable bonds is 7. The molecular formula is C16H23NO4S. The molecule has 0 radical (unpaired) electrons. The quantitative estimate of drug-likeness (QED) is 0.834. The Morgan fingerprint density at radius 1 is 1.27 bits per heavy atom. The monoisotopic (exact) mass is 325 g/mol. The number of nitrogens with one attached hydrogen (secondary N) is 1. The Morgan fingerprint density at radius 2 is 1.86 bits per heavy atom. The summed E-state index contributed by atoms with van der Waals surface area (Å²) in [6.07, 6.45) is 1.70. The first-order chi connectivity index (χ1) is 10.3. The van der Waals surface area contributed by atoms with E-state index in [1.165, 1.54) is 19.2 Å². The smallest absolute Gasteiger partial charge is 0.241 e. The maximum Gasteiger partial charge on any atom is 0.241 e. The standard InChI is InChI=1S/C16H23NO4S/c1-12(2)8-11-21-13-4-6-14(7-5-13)22(19,20)16(9-10-16)15(18)17-3/h4-7,12H,8-11H2,1-3H3,(H,17,18). The highest BCUT2D eigenvalue weighted by Gasteiger charge is 2.60. The summed E-state index contributed by atoms with van der Waals surface area (Å²) in [4.78, 5) is 12.0. The van der Waals surface area contributed by atoms with Crippen molar-refractivity contribution in [2.75, 3.05) is 13.7 Å². The van der Waals surface area contributed by atoms with Crippen molar-refractivity contribution in [3.63, 3.8) is 0 Å². The lowest BCUT2D eigenvalue weighted by Crippen LogP contribution is -2.40. The number of sulfone groups is 1. The molecule has 1 aliphatic carbocycles. The van der Waals surface area contributed by atoms with E-state index in [2.05, 4.69) is 19.2 Å². The summed E-state index contributed by atoms with van der Waals surface area (Å²) in [5.41, 5.74) is 0. The molecule has 0 unspecified atom stereocenters. The van der Waals surface area contributed by atoms with E-state index in [4.69, 9.17) is 4.74 Å². The van der Waals surface area contributed by atoms with E-state index in [9.17, 15) is 13.2 Å². The largest absolute Gasteiger partial charge is 0.494 e. The summed E-state index contributed by atoms with van der Waals surface area (Å²) >= 11 is 0. The summed E-state index contributed by atoms with van der Waals surface area (Å²) in [5, 5.41) is 2.45. The maximum atomic E-state index is 12.6. The molecule has 6 heteroatoms. The van der Waals surface area contributed by atoms with E-state index in [1.807, 2.05) is 0 Å². The Kier molecular flexibility index (Phi) is 4.80. The third-order valence-corrected chi connectivity index (χ3v) is 6.47. The third-order valence-electron chi connectivity index (χ3n) is 3.96. The van der Waals surface area contributed by atoms with Gasteiger partial charge in [-0.25, -0.2) is 8.42 Å². The van der Waals surface area contributed by atoms with E-state index in [0.29, 0.717) is 31.1 Å². The highest BCUT2D eigenvalue weighted by molar-refractivity contribution is 7.94. The molecule has 0 aliphatic heterocycles. The van der Waals surface area contributed by atoms with Gasteiger partial charge in [0.15, 0.2) is 14.6 Å². The van der Waals surface area contributed by atoms with Gasteiger partial charge >= 0.3 is 0 Å². The van der Waals surface area contributed by atoms with Crippen LogP contribution in [0.2, 0.25) is 0 Å². The fraction of sp³-hybridized carbons (Fsp3) is 0.562. The Hall–Kier alpha value is -1.56. The molecule has 1 aromatic rings. The van der Waals surface area contributed by atoms with Gasteiger partial charge in [0, 0.05) is 7.05 Å². The molecule has 0 bridgehead atoms. The molecule has 0 saturated heterocycles. The van der Waals surface area contributed by atoms with Gasteiger partial charge in [0.05, 0.1) is 11.5 Å². The minimum Gasteiger partial charge on any atom is -0.494 e. The van der Waals surface area contributed by atoms with E-state index < -0.39 is 20.5 Å². The molecule has 0 aromatic heterocycles. The van der Waals surface area contributed by atoms with Crippen LogP contribution in [-0.2, 0) is 14.6 Å². The van der Waals surface area contributed by atoms with E-state index in [0.717, 1.165) is 6.42 Å². The number of carbonyl (C=O) groups is 1. The molecular weight excluding hydrogens is 302 g/mol. The van der Waals surface area contributed by atoms with Crippen molar-refractivity contribution in [2.45, 2.75) is 42.8 Å². The van der Waals surface area contributed by atoms with Crippen molar-refractivity contribution >= 4 is 15.7 Å². The van der Waals surface area contributed by atoms with Crippen LogP contribution in [0.1, 0.15) is 33.1 Å². The minimum absolute atomic E-state index is 0.171. The number of amides is 1. The highest BCUT2D eigenvalue weighted by Crippen LogP contribution is 2.47. The molecule has 5 nitrogen and oxygen atoms in total. The number of hydrogen-bond acceptors (Lipinski definition) is 4. The van der Waals surface area contributed by atoms with Gasteiger partial charge in [0.25, 0.3) is 0 Å². The van der Waals surface area contributed by atoms with Crippen molar-refractivity contribution < 1.29 is 17.9 Å². The first-order valence-electron chi connectivity index (χ1n) is 7.53. The van der Waals surface area contributed by atoms with Crippen molar-refractivity contribution in [1.82, 2.24) is 5.32 Å². The van der Waals surface area contributed by atoms with Crippen LogP contribution in [0, 0.1) is 5.92 Å². The van der Waals surface area contributed by atoms with Gasteiger partial charge in [-0.3, -0.25) is 4.79 Å². The van der Waals surface area contributed by atoms with Crippen molar-refractivity contribution in [3.8, 4) is 5.75 Å². The fourth-order valence-electron chi connectivity index (χ4n) is 2.31. The number of benzene rings is 1. The van der Waals surface area contributed by atoms with Gasteiger partial charge in [0.1, 0.15) is 5.75 Å². The Labute approximate surface area is 132 Å². The van der Waals surface area contributed by atoms with Gasteiger partial charge < -0.3 is 10.1 Å². The van der Waals surface area contributed by atoms with Crippen LogP contribution in [-0.4, -0.2) is 32.7 Å². The average molecular weight is 325 g/mol. The summed E-state index contributed by atoms with van der Waals surface area (Å²) in [7, 11) is -2.20. The lowest BCUT2D eigenvalue weighted by atomic mass is 10.1. The second kappa shape index (κ2) is 6.28. The van der Waals surface area contributed by atoms with Crippen LogP contribution >= 0.6 is 0 Å². The van der Waals surface area contributed by atoms with Gasteiger partial charge in [0.2, 0.25) is 5.91 Å². The number of carbonyl (C=O) groups excluding carboxylic acids is 1. The molecule has 1 N–H and O–H groups in total. The molecule has 0 spiro atoms. The van der Waals surface area contributed by atoms with Gasteiger partial charge in [-0.1, -0.05) is 13.8 Å². The van der Waals surface area contributed by atoms with Crippen LogP contribution in [0.4, 0.5) is 0 Å². The molecule has 1 fully saturated rings. The zero-order valence-corrected chi connectivity index (χ0v) is 14.1. The van der Waals surface area contributed by atoms with Gasteiger partial charge in [-0.05, 0) is 49.4 Å². The normalized spacial score (nSPS) is 16.4. The molecule has 1 aromatic carbocycles. The lowest BCUT2D eigenvalue weighted by molar-refractivity contribution is -0.120. The SMILES string of the molecule is CNC(=O)C1(S(=O)(=O)c2ccc(OCCC(C)C)cc2)CC1. The van der Waals surface area contributed by atoms with Gasteiger partial charge in [-0.2, -0.15) is 0 Å². The second-order valence-corrected chi connectivity index (χ2v) is 8.34. The lowest BCUT2D eigenvalue weighted by Gasteiger charge is -2.15. The number of ether oxygens (including phenoxy) is 1. The predicted octanol–water partition coefficient (Wildman–Crippen LogP) is 2.16. The van der Waals surface area contributed by atoms with Crippen LogP contribution in [0.3, 0.4) is 0 Å². The molecule has 22 heavy (non-hydrogen) atoms. The van der Waals surface area contributed by atoms with E-state index >= 15 is 0 Å². The first-order valence-corrected chi connectivity index (χ1v) is 9.01.